The summed E-state index contributed by atoms with van der Waals surface area (Å²) in [6, 6.07) is 15.0. The van der Waals surface area contributed by atoms with Crippen molar-refractivity contribution >= 4 is 35.1 Å². The summed E-state index contributed by atoms with van der Waals surface area (Å²) >= 11 is 7.74. The van der Waals surface area contributed by atoms with Crippen LogP contribution < -0.4 is 5.32 Å². The van der Waals surface area contributed by atoms with Gasteiger partial charge in [0.1, 0.15) is 23.8 Å². The molecule has 1 amide bonds. The molecule has 0 saturated carbocycles. The maximum absolute atomic E-state index is 12.6. The lowest BCUT2D eigenvalue weighted by Crippen LogP contribution is -2.17. The zero-order valence-electron chi connectivity index (χ0n) is 17.3. The van der Waals surface area contributed by atoms with Crippen LogP contribution in [0.15, 0.2) is 64.5 Å². The molecule has 0 aliphatic rings. The number of carbonyl (C=O) groups excluding carboxylic acids is 1. The van der Waals surface area contributed by atoms with Crippen LogP contribution in [-0.2, 0) is 10.5 Å². The summed E-state index contributed by atoms with van der Waals surface area (Å²) in [4.78, 5) is 16.7. The second kappa shape index (κ2) is 9.88. The molecule has 164 valence electrons. The van der Waals surface area contributed by atoms with Crippen LogP contribution in [0.25, 0.3) is 11.3 Å². The van der Waals surface area contributed by atoms with Gasteiger partial charge >= 0.3 is 6.09 Å². The summed E-state index contributed by atoms with van der Waals surface area (Å²) in [6.07, 6.45) is 0.324. The number of halogens is 1. The van der Waals surface area contributed by atoms with Gasteiger partial charge in [-0.2, -0.15) is 5.10 Å². The Labute approximate surface area is 193 Å². The Bertz CT molecular complexity index is 1210. The number of nitrogens with one attached hydrogen (secondary N) is 2. The summed E-state index contributed by atoms with van der Waals surface area (Å²) in [5.74, 6) is 1.15. The topological polar surface area (TPSA) is 106 Å². The van der Waals surface area contributed by atoms with Gasteiger partial charge < -0.3 is 9.26 Å². The lowest BCUT2D eigenvalue weighted by atomic mass is 10.1. The van der Waals surface area contributed by atoms with E-state index in [-0.39, 0.29) is 0 Å². The second-order valence-electron chi connectivity index (χ2n) is 6.95. The molecule has 0 aliphatic carbocycles. The fourth-order valence-corrected chi connectivity index (χ4v) is 4.10. The van der Waals surface area contributed by atoms with Crippen LogP contribution in [0.2, 0.25) is 5.02 Å². The SMILES string of the molecule is Cc1noc(-c2cccc(CSc3ncn[nH]3)c2)c1NC(=O)OC(C)c1ccccc1Cl. The van der Waals surface area contributed by atoms with E-state index in [0.717, 1.165) is 21.8 Å². The van der Waals surface area contributed by atoms with Crippen LogP contribution in [0.4, 0.5) is 10.5 Å². The van der Waals surface area contributed by atoms with E-state index in [4.69, 9.17) is 20.9 Å². The third-order valence-corrected chi connectivity index (χ3v) is 5.97. The van der Waals surface area contributed by atoms with Crippen molar-refractivity contribution in [3.8, 4) is 11.3 Å². The second-order valence-corrected chi connectivity index (χ2v) is 8.32. The molecule has 0 bridgehead atoms. The highest BCUT2D eigenvalue weighted by Gasteiger charge is 2.20. The average molecular weight is 470 g/mol. The normalized spacial score (nSPS) is 11.8. The standard InChI is InChI=1S/C22H20ClN5O3S/c1-13-19(26-22(29)30-14(2)17-8-3-4-9-18(17)23)20(31-28-13)16-7-5-6-15(10-16)11-32-21-24-12-25-27-21/h3-10,12,14H,11H2,1-2H3,(H,26,29)(H,24,25,27). The van der Waals surface area contributed by atoms with Crippen molar-refractivity contribution in [2.75, 3.05) is 5.32 Å². The zero-order chi connectivity index (χ0) is 22.5. The van der Waals surface area contributed by atoms with Crippen LogP contribution in [0.1, 0.15) is 29.8 Å². The van der Waals surface area contributed by atoms with Crippen LogP contribution in [-0.4, -0.2) is 26.4 Å². The molecular formula is C22H20ClN5O3S. The Morgan fingerprint density at radius 3 is 2.91 bits per heavy atom. The summed E-state index contributed by atoms with van der Waals surface area (Å²) in [5.41, 5.74) is 3.57. The van der Waals surface area contributed by atoms with Crippen LogP contribution in [0.3, 0.4) is 0 Å². The molecule has 1 atom stereocenters. The zero-order valence-corrected chi connectivity index (χ0v) is 18.9. The molecule has 0 radical (unpaired) electrons. The first kappa shape index (κ1) is 21.9. The molecule has 0 saturated heterocycles. The first-order valence-corrected chi connectivity index (χ1v) is 11.1. The summed E-state index contributed by atoms with van der Waals surface area (Å²) in [5, 5.41) is 14.7. The van der Waals surface area contributed by atoms with Crippen molar-refractivity contribution in [2.45, 2.75) is 30.9 Å². The Kier molecular flexibility index (Phi) is 6.77. The van der Waals surface area contributed by atoms with Gasteiger partial charge in [-0.05, 0) is 31.5 Å². The molecule has 2 aromatic heterocycles. The smallest absolute Gasteiger partial charge is 0.412 e. The van der Waals surface area contributed by atoms with E-state index in [1.54, 1.807) is 19.9 Å². The largest absolute Gasteiger partial charge is 0.441 e. The molecule has 2 heterocycles. The minimum atomic E-state index is -0.623. The Morgan fingerprint density at radius 2 is 2.12 bits per heavy atom. The summed E-state index contributed by atoms with van der Waals surface area (Å²) in [7, 11) is 0. The van der Waals surface area contributed by atoms with Gasteiger partial charge in [-0.1, -0.05) is 64.9 Å². The number of thioether (sulfide) groups is 1. The number of hydrogen-bond donors (Lipinski definition) is 2. The van der Waals surface area contributed by atoms with Gasteiger partial charge in [0.05, 0.1) is 0 Å². The number of aromatic amines is 1. The number of ether oxygens (including phenoxy) is 1. The fraction of sp³-hybridized carbons (Fsp3) is 0.182. The lowest BCUT2D eigenvalue weighted by Gasteiger charge is -2.15. The number of aromatic nitrogens is 4. The minimum Gasteiger partial charge on any atom is -0.441 e. The average Bonchev–Trinajstić information content (AvgIpc) is 3.43. The lowest BCUT2D eigenvalue weighted by molar-refractivity contribution is 0.121. The van der Waals surface area contributed by atoms with Crippen LogP contribution >= 0.6 is 23.4 Å². The van der Waals surface area contributed by atoms with Gasteiger partial charge in [0.15, 0.2) is 10.9 Å². The summed E-state index contributed by atoms with van der Waals surface area (Å²) < 4.78 is 11.0. The number of amides is 1. The van der Waals surface area contributed by atoms with E-state index in [0.29, 0.717) is 27.9 Å². The van der Waals surface area contributed by atoms with Crippen molar-refractivity contribution in [2.24, 2.45) is 0 Å². The highest BCUT2D eigenvalue weighted by molar-refractivity contribution is 7.98. The van der Waals surface area contributed by atoms with Crippen molar-refractivity contribution in [1.82, 2.24) is 20.3 Å². The molecule has 32 heavy (non-hydrogen) atoms. The van der Waals surface area contributed by atoms with Crippen LogP contribution in [0, 0.1) is 6.92 Å². The number of anilines is 1. The number of nitrogens with zero attached hydrogens (tertiary/aromatic N) is 3. The van der Waals surface area contributed by atoms with Gasteiger partial charge in [0.25, 0.3) is 0 Å². The number of H-pyrrole nitrogens is 1. The van der Waals surface area contributed by atoms with Crippen molar-refractivity contribution in [3.63, 3.8) is 0 Å². The predicted molar refractivity (Wildman–Crippen MR) is 123 cm³/mol. The molecule has 4 rings (SSSR count). The monoisotopic (exact) mass is 469 g/mol. The first-order chi connectivity index (χ1) is 15.5. The highest BCUT2D eigenvalue weighted by Crippen LogP contribution is 2.33. The third-order valence-electron chi connectivity index (χ3n) is 4.67. The molecule has 10 heteroatoms. The number of hydrogen-bond acceptors (Lipinski definition) is 7. The number of benzene rings is 2. The number of rotatable bonds is 7. The molecule has 4 aromatic rings. The third kappa shape index (κ3) is 5.12. The maximum atomic E-state index is 12.6. The quantitative estimate of drug-likeness (QED) is 0.318. The van der Waals surface area contributed by atoms with Gasteiger partial charge in [0, 0.05) is 21.9 Å². The van der Waals surface area contributed by atoms with Gasteiger partial charge in [-0.25, -0.2) is 9.78 Å². The minimum absolute atomic E-state index is 0.455. The molecule has 0 fully saturated rings. The van der Waals surface area contributed by atoms with E-state index >= 15 is 0 Å². The molecule has 0 aliphatic heterocycles. The molecule has 1 unspecified atom stereocenters. The highest BCUT2D eigenvalue weighted by atomic mass is 35.5. The van der Waals surface area contributed by atoms with E-state index in [2.05, 4.69) is 25.7 Å². The van der Waals surface area contributed by atoms with Crippen LogP contribution in [0.5, 0.6) is 0 Å². The molecule has 8 nitrogen and oxygen atoms in total. The van der Waals surface area contributed by atoms with Gasteiger partial charge in [0.2, 0.25) is 0 Å². The van der Waals surface area contributed by atoms with Crippen molar-refractivity contribution in [3.05, 3.63) is 76.7 Å². The summed E-state index contributed by atoms with van der Waals surface area (Å²) in [6.45, 7) is 3.52. The van der Waals surface area contributed by atoms with E-state index in [9.17, 15) is 4.79 Å². The maximum Gasteiger partial charge on any atom is 0.412 e. The van der Waals surface area contributed by atoms with E-state index in [1.807, 2.05) is 42.5 Å². The Balaban J connectivity index is 1.48. The Morgan fingerprint density at radius 1 is 1.28 bits per heavy atom. The molecule has 0 spiro atoms. The Hall–Kier alpha value is -3.30. The van der Waals surface area contributed by atoms with E-state index in [1.165, 1.54) is 18.1 Å². The van der Waals surface area contributed by atoms with Gasteiger partial charge in [-0.3, -0.25) is 10.4 Å². The molecule has 2 N–H and O–H groups in total. The van der Waals surface area contributed by atoms with Crippen molar-refractivity contribution in [1.29, 1.82) is 0 Å². The van der Waals surface area contributed by atoms with E-state index < -0.39 is 12.2 Å². The first-order valence-electron chi connectivity index (χ1n) is 9.77. The molecular weight excluding hydrogens is 450 g/mol. The van der Waals surface area contributed by atoms with Gasteiger partial charge in [-0.15, -0.1) is 0 Å². The van der Waals surface area contributed by atoms with Crippen molar-refractivity contribution < 1.29 is 14.1 Å². The number of aryl methyl sites for hydroxylation is 1. The predicted octanol–water partition coefficient (Wildman–Crippen LogP) is 6.02. The fourth-order valence-electron chi connectivity index (χ4n) is 3.09. The molecule has 2 aromatic carbocycles. The number of carbonyl (C=O) groups is 1.